The quantitative estimate of drug-likeness (QED) is 0.553. The summed E-state index contributed by atoms with van der Waals surface area (Å²) in [5, 5.41) is 14.2. The molecule has 1 rings (SSSR count). The van der Waals surface area contributed by atoms with Gasteiger partial charge < -0.3 is 25.5 Å². The van der Waals surface area contributed by atoms with Crippen LogP contribution in [0.3, 0.4) is 0 Å². The largest absolute Gasteiger partial charge is 0.477 e. The molecular formula is C14H23N3O4. The Morgan fingerprint density at radius 2 is 2.10 bits per heavy atom. The Bertz CT molecular complexity index is 483. The molecule has 0 radical (unpaired) electrons. The molecule has 1 heterocycles. The molecular weight excluding hydrogens is 274 g/mol. The molecule has 0 aliphatic heterocycles. The van der Waals surface area contributed by atoms with Crippen LogP contribution in [0.15, 0.2) is 6.07 Å². The zero-order chi connectivity index (χ0) is 15.8. The summed E-state index contributed by atoms with van der Waals surface area (Å²) in [4.78, 5) is 25.3. The number of carbonyl (C=O) groups excluding carboxylic acids is 1. The van der Waals surface area contributed by atoms with Crippen molar-refractivity contribution in [1.29, 1.82) is 0 Å². The van der Waals surface area contributed by atoms with E-state index in [0.29, 0.717) is 18.8 Å². The number of carbonyl (C=O) groups is 2. The highest BCUT2D eigenvalue weighted by atomic mass is 16.5. The minimum Gasteiger partial charge on any atom is -0.477 e. The molecule has 7 nitrogen and oxygen atoms in total. The fourth-order valence-corrected chi connectivity index (χ4v) is 1.77. The van der Waals surface area contributed by atoms with Crippen molar-refractivity contribution in [2.24, 2.45) is 0 Å². The maximum atomic E-state index is 11.7. The Labute approximate surface area is 124 Å². The average molecular weight is 297 g/mol. The number of carboxylic acids is 1. The number of H-pyrrole nitrogens is 1. The first kappa shape index (κ1) is 17.0. The number of urea groups is 1. The van der Waals surface area contributed by atoms with Gasteiger partial charge in [-0.1, -0.05) is 0 Å². The predicted molar refractivity (Wildman–Crippen MR) is 79.8 cm³/mol. The van der Waals surface area contributed by atoms with E-state index in [1.807, 2.05) is 13.8 Å². The summed E-state index contributed by atoms with van der Waals surface area (Å²) in [5.41, 5.74) is 0.919. The van der Waals surface area contributed by atoms with E-state index in [4.69, 9.17) is 9.84 Å². The lowest BCUT2D eigenvalue weighted by atomic mass is 10.3. The monoisotopic (exact) mass is 297 g/mol. The van der Waals surface area contributed by atoms with E-state index < -0.39 is 12.0 Å². The van der Waals surface area contributed by atoms with Crippen LogP contribution in [-0.2, 0) is 4.74 Å². The normalized spacial score (nSPS) is 10.7. The van der Waals surface area contributed by atoms with Gasteiger partial charge in [-0.3, -0.25) is 0 Å². The standard InChI is InChI=1S/C14H23N3O4/c1-9(2)21-7-5-4-6-15-14(20)17-11-8-10(3)16-12(11)13(18)19/h8-9,16H,4-7H2,1-3H3,(H,18,19)(H2,15,17,20). The summed E-state index contributed by atoms with van der Waals surface area (Å²) in [6, 6.07) is 1.17. The Kier molecular flexibility index (Phi) is 6.74. The predicted octanol–water partition coefficient (Wildman–Crippen LogP) is 2.35. The van der Waals surface area contributed by atoms with Gasteiger partial charge in [0.25, 0.3) is 0 Å². The first-order valence-electron chi connectivity index (χ1n) is 6.99. The fraction of sp³-hybridized carbons (Fsp3) is 0.571. The lowest BCUT2D eigenvalue weighted by Crippen LogP contribution is -2.30. The maximum Gasteiger partial charge on any atom is 0.354 e. The van der Waals surface area contributed by atoms with Crippen LogP contribution < -0.4 is 10.6 Å². The lowest BCUT2D eigenvalue weighted by Gasteiger charge is -2.08. The molecule has 0 unspecified atom stereocenters. The minimum atomic E-state index is -1.11. The van der Waals surface area contributed by atoms with E-state index in [2.05, 4.69) is 15.6 Å². The Balaban J connectivity index is 2.29. The van der Waals surface area contributed by atoms with Gasteiger partial charge in [-0.25, -0.2) is 9.59 Å². The second-order valence-electron chi connectivity index (χ2n) is 5.05. The number of amides is 2. The molecule has 0 aliphatic rings. The topological polar surface area (TPSA) is 103 Å². The van der Waals surface area contributed by atoms with Crippen molar-refractivity contribution in [1.82, 2.24) is 10.3 Å². The number of aromatic carboxylic acids is 1. The van der Waals surface area contributed by atoms with Crippen LogP contribution in [0, 0.1) is 6.92 Å². The van der Waals surface area contributed by atoms with Crippen molar-refractivity contribution < 1.29 is 19.4 Å². The van der Waals surface area contributed by atoms with Crippen molar-refractivity contribution in [3.8, 4) is 0 Å². The highest BCUT2D eigenvalue weighted by Crippen LogP contribution is 2.16. The molecule has 1 aromatic rings. The third-order valence-electron chi connectivity index (χ3n) is 2.72. The zero-order valence-corrected chi connectivity index (χ0v) is 12.7. The van der Waals surface area contributed by atoms with Crippen LogP contribution in [0.5, 0.6) is 0 Å². The summed E-state index contributed by atoms with van der Waals surface area (Å²) in [6.07, 6.45) is 1.88. The van der Waals surface area contributed by atoms with E-state index in [1.54, 1.807) is 13.0 Å². The molecule has 0 saturated heterocycles. The number of unbranched alkanes of at least 4 members (excludes halogenated alkanes) is 1. The van der Waals surface area contributed by atoms with Gasteiger partial charge in [-0.2, -0.15) is 0 Å². The van der Waals surface area contributed by atoms with Crippen molar-refractivity contribution in [2.45, 2.75) is 39.7 Å². The molecule has 21 heavy (non-hydrogen) atoms. The molecule has 7 heteroatoms. The summed E-state index contributed by atoms with van der Waals surface area (Å²) in [6.45, 7) is 6.86. The summed E-state index contributed by atoms with van der Waals surface area (Å²) >= 11 is 0. The van der Waals surface area contributed by atoms with Crippen LogP contribution in [0.1, 0.15) is 42.9 Å². The number of carboxylic acid groups (broad SMARTS) is 1. The number of aromatic nitrogens is 1. The Morgan fingerprint density at radius 3 is 2.71 bits per heavy atom. The van der Waals surface area contributed by atoms with E-state index >= 15 is 0 Å². The molecule has 118 valence electrons. The highest BCUT2D eigenvalue weighted by molar-refractivity contribution is 5.99. The lowest BCUT2D eigenvalue weighted by molar-refractivity contribution is 0.0692. The van der Waals surface area contributed by atoms with E-state index in [9.17, 15) is 9.59 Å². The molecule has 4 N–H and O–H groups in total. The molecule has 0 aliphatic carbocycles. The number of aromatic amines is 1. The van der Waals surface area contributed by atoms with Crippen LogP contribution >= 0.6 is 0 Å². The first-order chi connectivity index (χ1) is 9.90. The molecule has 0 atom stereocenters. The van der Waals surface area contributed by atoms with E-state index in [1.165, 1.54) is 0 Å². The van der Waals surface area contributed by atoms with Crippen molar-refractivity contribution in [3.63, 3.8) is 0 Å². The number of nitrogens with one attached hydrogen (secondary N) is 3. The van der Waals surface area contributed by atoms with Gasteiger partial charge in [-0.15, -0.1) is 0 Å². The number of aryl methyl sites for hydroxylation is 1. The van der Waals surface area contributed by atoms with Gasteiger partial charge >= 0.3 is 12.0 Å². The van der Waals surface area contributed by atoms with Crippen LogP contribution in [0.25, 0.3) is 0 Å². The number of rotatable bonds is 8. The van der Waals surface area contributed by atoms with Gasteiger partial charge in [0.2, 0.25) is 0 Å². The summed E-state index contributed by atoms with van der Waals surface area (Å²) < 4.78 is 5.39. The van der Waals surface area contributed by atoms with Crippen molar-refractivity contribution >= 4 is 17.7 Å². The SMILES string of the molecule is Cc1cc(NC(=O)NCCCCOC(C)C)c(C(=O)O)[nH]1. The van der Waals surface area contributed by atoms with E-state index in [0.717, 1.165) is 12.8 Å². The van der Waals surface area contributed by atoms with Gasteiger partial charge in [0.05, 0.1) is 11.8 Å². The number of hydrogen-bond acceptors (Lipinski definition) is 3. The van der Waals surface area contributed by atoms with Gasteiger partial charge in [-0.05, 0) is 39.7 Å². The molecule has 0 aromatic carbocycles. The molecule has 0 saturated carbocycles. The van der Waals surface area contributed by atoms with Crippen LogP contribution in [0.2, 0.25) is 0 Å². The van der Waals surface area contributed by atoms with Gasteiger partial charge in [0, 0.05) is 18.8 Å². The summed E-state index contributed by atoms with van der Waals surface area (Å²) in [5.74, 6) is -1.11. The number of hydrogen-bond donors (Lipinski definition) is 4. The maximum absolute atomic E-state index is 11.7. The second kappa shape index (κ2) is 8.31. The Hall–Kier alpha value is -2.02. The number of ether oxygens (including phenoxy) is 1. The van der Waals surface area contributed by atoms with Crippen LogP contribution in [-0.4, -0.2) is 41.3 Å². The second-order valence-corrected chi connectivity index (χ2v) is 5.05. The third kappa shape index (κ3) is 6.31. The van der Waals surface area contributed by atoms with Crippen LogP contribution in [0.4, 0.5) is 10.5 Å². The highest BCUT2D eigenvalue weighted by Gasteiger charge is 2.14. The molecule has 0 bridgehead atoms. The summed E-state index contributed by atoms with van der Waals surface area (Å²) in [7, 11) is 0. The average Bonchev–Trinajstić information content (AvgIpc) is 2.74. The third-order valence-corrected chi connectivity index (χ3v) is 2.72. The Morgan fingerprint density at radius 1 is 1.38 bits per heavy atom. The van der Waals surface area contributed by atoms with Crippen molar-refractivity contribution in [2.75, 3.05) is 18.5 Å². The smallest absolute Gasteiger partial charge is 0.354 e. The minimum absolute atomic E-state index is 0.0204. The van der Waals surface area contributed by atoms with Gasteiger partial charge in [0.15, 0.2) is 0 Å². The molecule has 2 amide bonds. The number of anilines is 1. The molecule has 0 fully saturated rings. The fourth-order valence-electron chi connectivity index (χ4n) is 1.77. The van der Waals surface area contributed by atoms with Crippen molar-refractivity contribution in [3.05, 3.63) is 17.5 Å². The van der Waals surface area contributed by atoms with E-state index in [-0.39, 0.29) is 17.5 Å². The molecule has 0 spiro atoms. The van der Waals surface area contributed by atoms with Gasteiger partial charge in [0.1, 0.15) is 5.69 Å². The first-order valence-corrected chi connectivity index (χ1v) is 6.99. The zero-order valence-electron chi connectivity index (χ0n) is 12.7. The molecule has 1 aromatic heterocycles.